The first-order chi connectivity index (χ1) is 16.3. The summed E-state index contributed by atoms with van der Waals surface area (Å²) in [7, 11) is 0. The molecule has 4 aromatic rings. The molecule has 174 valence electrons. The van der Waals surface area contributed by atoms with Crippen molar-refractivity contribution in [3.05, 3.63) is 99.1 Å². The second kappa shape index (κ2) is 10.2. The molecular formula is C25H21Cl2N3O4. The molecule has 2 aromatic heterocycles. The Hall–Kier alpha value is -3.55. The van der Waals surface area contributed by atoms with Crippen LogP contribution in [0.3, 0.4) is 0 Å². The van der Waals surface area contributed by atoms with Gasteiger partial charge in [-0.2, -0.15) is 5.10 Å². The minimum Gasteiger partial charge on any atom is -0.486 e. The highest BCUT2D eigenvalue weighted by Gasteiger charge is 2.15. The van der Waals surface area contributed by atoms with Gasteiger partial charge in [0, 0.05) is 27.4 Å². The van der Waals surface area contributed by atoms with E-state index in [1.807, 2.05) is 13.0 Å². The van der Waals surface area contributed by atoms with Crippen LogP contribution in [0.15, 0.2) is 65.1 Å². The first-order valence-corrected chi connectivity index (χ1v) is 11.2. The molecule has 0 saturated carbocycles. The molecule has 0 spiro atoms. The number of ketones is 1. The molecule has 1 amide bonds. The van der Waals surface area contributed by atoms with E-state index in [1.165, 1.54) is 6.92 Å². The Bertz CT molecular complexity index is 1340. The number of nitrogens with zero attached hydrogens (tertiary/aromatic N) is 2. The highest BCUT2D eigenvalue weighted by molar-refractivity contribution is 6.35. The summed E-state index contributed by atoms with van der Waals surface area (Å²) in [6.45, 7) is 3.97. The van der Waals surface area contributed by atoms with Gasteiger partial charge in [-0.25, -0.2) is 0 Å². The maximum absolute atomic E-state index is 12.6. The maximum Gasteiger partial charge on any atom is 0.292 e. The standard InChI is InChI=1S/C25H21Cl2N3O4/c1-15-11-24(29-30(15)13-18-3-6-19(26)12-22(18)27)28-25(32)23-10-9-21(34-23)14-33-20-7-4-17(5-8-20)16(2)31/h3-12H,13-14H2,1-2H3,(H,28,29,32). The first-order valence-electron chi connectivity index (χ1n) is 10.4. The third-order valence-corrected chi connectivity index (χ3v) is 5.67. The quantitative estimate of drug-likeness (QED) is 0.294. The lowest BCUT2D eigenvalue weighted by molar-refractivity contribution is 0.0990. The summed E-state index contributed by atoms with van der Waals surface area (Å²) in [6, 6.07) is 17.1. The van der Waals surface area contributed by atoms with Gasteiger partial charge in [-0.05, 0) is 67.9 Å². The molecule has 0 unspecified atom stereocenters. The van der Waals surface area contributed by atoms with E-state index < -0.39 is 5.91 Å². The molecule has 0 saturated heterocycles. The number of nitrogens with one attached hydrogen (secondary N) is 1. The van der Waals surface area contributed by atoms with Gasteiger partial charge in [0.15, 0.2) is 17.4 Å². The van der Waals surface area contributed by atoms with Gasteiger partial charge in [0.05, 0.1) is 6.54 Å². The molecule has 0 aliphatic carbocycles. The van der Waals surface area contributed by atoms with Crippen molar-refractivity contribution in [3.8, 4) is 5.75 Å². The number of hydrogen-bond donors (Lipinski definition) is 1. The van der Waals surface area contributed by atoms with Gasteiger partial charge in [-0.3, -0.25) is 14.3 Å². The zero-order valence-electron chi connectivity index (χ0n) is 18.5. The minimum atomic E-state index is -0.425. The molecule has 7 nitrogen and oxygen atoms in total. The highest BCUT2D eigenvalue weighted by Crippen LogP contribution is 2.23. The SMILES string of the molecule is CC(=O)c1ccc(OCc2ccc(C(=O)Nc3cc(C)n(Cc4ccc(Cl)cc4Cl)n3)o2)cc1. The van der Waals surface area contributed by atoms with Crippen LogP contribution in [0.1, 0.15) is 44.9 Å². The second-order valence-electron chi connectivity index (χ2n) is 7.65. The van der Waals surface area contributed by atoms with Crippen LogP contribution in [-0.2, 0) is 13.2 Å². The van der Waals surface area contributed by atoms with Gasteiger partial charge in [0.1, 0.15) is 18.1 Å². The third kappa shape index (κ3) is 5.68. The summed E-state index contributed by atoms with van der Waals surface area (Å²) < 4.78 is 13.0. The maximum atomic E-state index is 12.6. The number of furan rings is 1. The number of Topliss-reactive ketones (excluding diaryl/α,β-unsaturated/α-hetero) is 1. The zero-order chi connectivity index (χ0) is 24.2. The normalized spacial score (nSPS) is 10.8. The smallest absolute Gasteiger partial charge is 0.292 e. The fourth-order valence-electron chi connectivity index (χ4n) is 3.24. The van der Waals surface area contributed by atoms with Crippen LogP contribution in [0.5, 0.6) is 5.75 Å². The van der Waals surface area contributed by atoms with Crippen LogP contribution in [0.25, 0.3) is 0 Å². The molecule has 34 heavy (non-hydrogen) atoms. The van der Waals surface area contributed by atoms with Crippen molar-refractivity contribution in [1.29, 1.82) is 0 Å². The molecule has 0 radical (unpaired) electrons. The van der Waals surface area contributed by atoms with Crippen molar-refractivity contribution in [3.63, 3.8) is 0 Å². The fourth-order valence-corrected chi connectivity index (χ4v) is 3.71. The number of amides is 1. The predicted molar refractivity (Wildman–Crippen MR) is 130 cm³/mol. The van der Waals surface area contributed by atoms with Gasteiger partial charge in [-0.1, -0.05) is 29.3 Å². The molecule has 0 atom stereocenters. The number of anilines is 1. The topological polar surface area (TPSA) is 86.4 Å². The van der Waals surface area contributed by atoms with Crippen molar-refractivity contribution < 1.29 is 18.7 Å². The number of benzene rings is 2. The second-order valence-corrected chi connectivity index (χ2v) is 8.50. The summed E-state index contributed by atoms with van der Waals surface area (Å²) in [4.78, 5) is 24.0. The zero-order valence-corrected chi connectivity index (χ0v) is 20.0. The molecule has 9 heteroatoms. The van der Waals surface area contributed by atoms with Crippen LogP contribution in [0.4, 0.5) is 5.82 Å². The molecule has 0 fully saturated rings. The largest absolute Gasteiger partial charge is 0.486 e. The van der Waals surface area contributed by atoms with Gasteiger partial charge < -0.3 is 14.5 Å². The average Bonchev–Trinajstić information content (AvgIpc) is 3.41. The van der Waals surface area contributed by atoms with E-state index in [0.717, 1.165) is 11.3 Å². The molecule has 0 aliphatic rings. The average molecular weight is 498 g/mol. The lowest BCUT2D eigenvalue weighted by atomic mass is 10.1. The van der Waals surface area contributed by atoms with Crippen LogP contribution in [0.2, 0.25) is 10.0 Å². The Kier molecular flexibility index (Phi) is 7.05. The van der Waals surface area contributed by atoms with Crippen LogP contribution < -0.4 is 10.1 Å². The van der Waals surface area contributed by atoms with E-state index in [4.69, 9.17) is 32.4 Å². The van der Waals surface area contributed by atoms with Gasteiger partial charge >= 0.3 is 0 Å². The van der Waals surface area contributed by atoms with E-state index >= 15 is 0 Å². The lowest BCUT2D eigenvalue weighted by Crippen LogP contribution is -2.12. The van der Waals surface area contributed by atoms with Crippen molar-refractivity contribution in [2.45, 2.75) is 27.0 Å². The highest BCUT2D eigenvalue weighted by atomic mass is 35.5. The molecule has 0 bridgehead atoms. The van der Waals surface area contributed by atoms with Crippen molar-refractivity contribution >= 4 is 40.7 Å². The number of aryl methyl sites for hydroxylation is 1. The molecule has 0 aliphatic heterocycles. The molecule has 2 heterocycles. The Morgan fingerprint density at radius 3 is 2.53 bits per heavy atom. The van der Waals surface area contributed by atoms with Crippen molar-refractivity contribution in [1.82, 2.24) is 9.78 Å². The van der Waals surface area contributed by atoms with Crippen LogP contribution >= 0.6 is 23.2 Å². The number of halogens is 2. The van der Waals surface area contributed by atoms with Gasteiger partial charge in [-0.15, -0.1) is 0 Å². The predicted octanol–water partition coefficient (Wildman–Crippen LogP) is 6.17. The summed E-state index contributed by atoms with van der Waals surface area (Å²) in [5.74, 6) is 1.17. The van der Waals surface area contributed by atoms with E-state index in [-0.39, 0.29) is 18.2 Å². The number of carbonyl (C=O) groups is 2. The first kappa shape index (κ1) is 23.6. The van der Waals surface area contributed by atoms with Crippen LogP contribution in [0, 0.1) is 6.92 Å². The summed E-state index contributed by atoms with van der Waals surface area (Å²) >= 11 is 12.2. The number of ether oxygens (including phenoxy) is 1. The number of rotatable bonds is 8. The van der Waals surface area contributed by atoms with E-state index in [1.54, 1.807) is 59.3 Å². The Morgan fingerprint density at radius 2 is 1.82 bits per heavy atom. The third-order valence-electron chi connectivity index (χ3n) is 5.09. The molecular weight excluding hydrogens is 477 g/mol. The number of hydrogen-bond acceptors (Lipinski definition) is 5. The van der Waals surface area contributed by atoms with E-state index in [2.05, 4.69) is 10.4 Å². The number of carbonyl (C=O) groups excluding carboxylic acids is 2. The van der Waals surface area contributed by atoms with Gasteiger partial charge in [0.2, 0.25) is 0 Å². The lowest BCUT2D eigenvalue weighted by Gasteiger charge is -2.07. The van der Waals surface area contributed by atoms with E-state index in [0.29, 0.717) is 39.5 Å². The van der Waals surface area contributed by atoms with Gasteiger partial charge in [0.25, 0.3) is 5.91 Å². The fraction of sp³-hybridized carbons (Fsp3) is 0.160. The Labute approximate surface area is 206 Å². The summed E-state index contributed by atoms with van der Waals surface area (Å²) in [5, 5.41) is 8.29. The van der Waals surface area contributed by atoms with Crippen molar-refractivity contribution in [2.75, 3.05) is 5.32 Å². The van der Waals surface area contributed by atoms with Crippen LogP contribution in [-0.4, -0.2) is 21.5 Å². The summed E-state index contributed by atoms with van der Waals surface area (Å²) in [5.41, 5.74) is 2.32. The molecule has 4 rings (SSSR count). The minimum absolute atomic E-state index is 0.0120. The Balaban J connectivity index is 1.36. The van der Waals surface area contributed by atoms with E-state index in [9.17, 15) is 9.59 Å². The number of aromatic nitrogens is 2. The van der Waals surface area contributed by atoms with Crippen molar-refractivity contribution in [2.24, 2.45) is 0 Å². The molecule has 2 aromatic carbocycles. The molecule has 1 N–H and O–H groups in total. The Morgan fingerprint density at radius 1 is 1.06 bits per heavy atom. The summed E-state index contributed by atoms with van der Waals surface area (Å²) in [6.07, 6.45) is 0. The monoisotopic (exact) mass is 497 g/mol.